The summed E-state index contributed by atoms with van der Waals surface area (Å²) in [6, 6.07) is 1.61. The van der Waals surface area contributed by atoms with E-state index in [1.165, 1.54) is 0 Å². The lowest BCUT2D eigenvalue weighted by molar-refractivity contribution is 0.0595. The van der Waals surface area contributed by atoms with Crippen LogP contribution in [-0.2, 0) is 4.74 Å². The van der Waals surface area contributed by atoms with Crippen LogP contribution in [0.3, 0.4) is 0 Å². The minimum absolute atomic E-state index is 0.458. The van der Waals surface area contributed by atoms with Crippen LogP contribution in [0.15, 0.2) is 0 Å². The molecular formula is C13H10ClF2NO4. The van der Waals surface area contributed by atoms with Crippen LogP contribution in [-0.4, -0.2) is 26.0 Å². The first-order valence-corrected chi connectivity index (χ1v) is 5.90. The van der Waals surface area contributed by atoms with Crippen molar-refractivity contribution >= 4 is 23.4 Å². The van der Waals surface area contributed by atoms with Crippen LogP contribution in [0, 0.1) is 11.3 Å². The Bertz CT molecular complexity index is 653. The monoisotopic (exact) mass is 317 g/mol. The standard InChI is InChI=1S/C13H10ClF2NO4/c1-5(18)7-6(4-17)8(13(19)21-3)11(20-2)9(10(7)14)12(15)16/h12H,1-3H3. The summed E-state index contributed by atoms with van der Waals surface area (Å²) in [5.74, 6) is -2.39. The zero-order valence-corrected chi connectivity index (χ0v) is 12.0. The molecule has 8 heteroatoms. The number of nitrogens with zero attached hydrogens (tertiary/aromatic N) is 1. The van der Waals surface area contributed by atoms with Gasteiger partial charge in [-0.05, 0) is 6.92 Å². The molecule has 0 fully saturated rings. The Hall–Kier alpha value is -2.20. The highest BCUT2D eigenvalue weighted by molar-refractivity contribution is 6.35. The van der Waals surface area contributed by atoms with Crippen molar-refractivity contribution in [1.29, 1.82) is 5.26 Å². The van der Waals surface area contributed by atoms with Gasteiger partial charge in [-0.2, -0.15) is 5.26 Å². The van der Waals surface area contributed by atoms with E-state index < -0.39 is 51.2 Å². The van der Waals surface area contributed by atoms with Crippen LogP contribution in [0.4, 0.5) is 8.78 Å². The molecule has 0 saturated carbocycles. The zero-order chi connectivity index (χ0) is 16.3. The lowest BCUT2D eigenvalue weighted by Crippen LogP contribution is -2.14. The van der Waals surface area contributed by atoms with Gasteiger partial charge in [-0.3, -0.25) is 4.79 Å². The molecule has 1 aromatic rings. The number of carbonyl (C=O) groups excluding carboxylic acids is 2. The zero-order valence-electron chi connectivity index (χ0n) is 11.3. The Morgan fingerprint density at radius 2 is 1.86 bits per heavy atom. The van der Waals surface area contributed by atoms with Crippen LogP contribution in [0.5, 0.6) is 5.75 Å². The van der Waals surface area contributed by atoms with Gasteiger partial charge in [0.15, 0.2) is 5.78 Å². The van der Waals surface area contributed by atoms with E-state index >= 15 is 0 Å². The number of hydrogen-bond donors (Lipinski definition) is 0. The molecular weight excluding hydrogens is 308 g/mol. The highest BCUT2D eigenvalue weighted by atomic mass is 35.5. The van der Waals surface area contributed by atoms with Gasteiger partial charge in [-0.25, -0.2) is 13.6 Å². The van der Waals surface area contributed by atoms with E-state index in [1.54, 1.807) is 6.07 Å². The number of ether oxygens (including phenoxy) is 2. The van der Waals surface area contributed by atoms with Crippen LogP contribution in [0.2, 0.25) is 5.02 Å². The fourth-order valence-electron chi connectivity index (χ4n) is 1.86. The Kier molecular flexibility index (Phi) is 5.22. The van der Waals surface area contributed by atoms with Gasteiger partial charge < -0.3 is 9.47 Å². The molecule has 0 aliphatic rings. The van der Waals surface area contributed by atoms with Crippen LogP contribution in [0.1, 0.15) is 45.2 Å². The Morgan fingerprint density at radius 3 is 2.19 bits per heavy atom. The quantitative estimate of drug-likeness (QED) is 0.630. The first-order chi connectivity index (χ1) is 9.81. The third-order valence-electron chi connectivity index (χ3n) is 2.70. The number of ketones is 1. The van der Waals surface area contributed by atoms with Crippen molar-refractivity contribution in [2.24, 2.45) is 0 Å². The molecule has 0 radical (unpaired) electrons. The highest BCUT2D eigenvalue weighted by Crippen LogP contribution is 2.42. The molecule has 0 amide bonds. The number of hydrogen-bond acceptors (Lipinski definition) is 5. The van der Waals surface area contributed by atoms with Gasteiger partial charge in [0, 0.05) is 0 Å². The third kappa shape index (κ3) is 2.81. The van der Waals surface area contributed by atoms with Gasteiger partial charge >= 0.3 is 5.97 Å². The van der Waals surface area contributed by atoms with Gasteiger partial charge in [0.1, 0.15) is 17.4 Å². The molecule has 0 aliphatic heterocycles. The van der Waals surface area contributed by atoms with Crippen molar-refractivity contribution in [3.8, 4) is 11.8 Å². The van der Waals surface area contributed by atoms with E-state index in [0.29, 0.717) is 0 Å². The molecule has 1 rings (SSSR count). The Balaban J connectivity index is 4.05. The fourth-order valence-corrected chi connectivity index (χ4v) is 2.26. The average Bonchev–Trinajstić information content (AvgIpc) is 2.43. The van der Waals surface area contributed by atoms with Crippen molar-refractivity contribution in [3.63, 3.8) is 0 Å². The van der Waals surface area contributed by atoms with Gasteiger partial charge in [0.2, 0.25) is 0 Å². The summed E-state index contributed by atoms with van der Waals surface area (Å²) >= 11 is 5.80. The number of halogens is 3. The number of methoxy groups -OCH3 is 2. The third-order valence-corrected chi connectivity index (χ3v) is 3.10. The molecule has 0 aromatic heterocycles. The van der Waals surface area contributed by atoms with Crippen molar-refractivity contribution in [1.82, 2.24) is 0 Å². The summed E-state index contributed by atoms with van der Waals surface area (Å²) in [5, 5.41) is 8.54. The molecule has 5 nitrogen and oxygen atoms in total. The lowest BCUT2D eigenvalue weighted by atomic mass is 9.94. The normalized spacial score (nSPS) is 10.2. The topological polar surface area (TPSA) is 76.4 Å². The first-order valence-electron chi connectivity index (χ1n) is 5.52. The van der Waals surface area contributed by atoms with E-state index in [1.807, 2.05) is 0 Å². The molecule has 0 saturated heterocycles. The lowest BCUT2D eigenvalue weighted by Gasteiger charge is -2.17. The second-order valence-corrected chi connectivity index (χ2v) is 4.22. The molecule has 1 aromatic carbocycles. The van der Waals surface area contributed by atoms with Gasteiger partial charge in [0.25, 0.3) is 6.43 Å². The maximum atomic E-state index is 13.2. The SMILES string of the molecule is COC(=O)c1c(C#N)c(C(C)=O)c(Cl)c(C(F)F)c1OC. The molecule has 0 atom stereocenters. The van der Waals surface area contributed by atoms with Crippen molar-refractivity contribution in [2.75, 3.05) is 14.2 Å². The number of carbonyl (C=O) groups is 2. The average molecular weight is 318 g/mol. The minimum atomic E-state index is -3.11. The van der Waals surface area contributed by atoms with E-state index in [-0.39, 0.29) is 0 Å². The molecule has 0 unspecified atom stereocenters. The van der Waals surface area contributed by atoms with E-state index in [2.05, 4.69) is 4.74 Å². The highest BCUT2D eigenvalue weighted by Gasteiger charge is 2.33. The van der Waals surface area contributed by atoms with E-state index in [0.717, 1.165) is 21.1 Å². The van der Waals surface area contributed by atoms with Crippen molar-refractivity contribution in [2.45, 2.75) is 13.3 Å². The minimum Gasteiger partial charge on any atom is -0.495 e. The van der Waals surface area contributed by atoms with Crippen molar-refractivity contribution < 1.29 is 27.8 Å². The second-order valence-electron chi connectivity index (χ2n) is 3.85. The number of benzene rings is 1. The van der Waals surface area contributed by atoms with E-state index in [4.69, 9.17) is 21.6 Å². The predicted octanol–water partition coefficient (Wildman–Crippen LogP) is 3.15. The van der Waals surface area contributed by atoms with Gasteiger partial charge in [-0.15, -0.1) is 0 Å². The summed E-state index contributed by atoms with van der Waals surface area (Å²) < 4.78 is 35.6. The number of nitriles is 1. The Morgan fingerprint density at radius 1 is 1.29 bits per heavy atom. The fraction of sp³-hybridized carbons (Fsp3) is 0.308. The Labute approximate surface area is 124 Å². The number of Topliss-reactive ketones (excluding diaryl/α,β-unsaturated/α-hetero) is 1. The summed E-state index contributed by atoms with van der Waals surface area (Å²) in [5.41, 5.74) is -2.30. The van der Waals surface area contributed by atoms with Crippen molar-refractivity contribution in [3.05, 3.63) is 27.3 Å². The largest absolute Gasteiger partial charge is 0.495 e. The molecule has 0 spiro atoms. The molecule has 0 heterocycles. The predicted molar refractivity (Wildman–Crippen MR) is 69.0 cm³/mol. The van der Waals surface area contributed by atoms with Crippen LogP contribution in [0.25, 0.3) is 0 Å². The second kappa shape index (κ2) is 6.50. The first kappa shape index (κ1) is 16.9. The van der Waals surface area contributed by atoms with Gasteiger partial charge in [-0.1, -0.05) is 11.6 Å². The molecule has 0 aliphatic carbocycles. The molecule has 21 heavy (non-hydrogen) atoms. The smallest absolute Gasteiger partial charge is 0.343 e. The molecule has 0 N–H and O–H groups in total. The number of rotatable bonds is 4. The molecule has 0 bridgehead atoms. The maximum Gasteiger partial charge on any atom is 0.343 e. The summed E-state index contributed by atoms with van der Waals surface area (Å²) in [6.07, 6.45) is -3.11. The van der Waals surface area contributed by atoms with Crippen LogP contribution < -0.4 is 4.74 Å². The van der Waals surface area contributed by atoms with Gasteiger partial charge in [0.05, 0.1) is 35.9 Å². The van der Waals surface area contributed by atoms with E-state index in [9.17, 15) is 18.4 Å². The number of esters is 1. The van der Waals surface area contributed by atoms with Crippen LogP contribution >= 0.6 is 11.6 Å². The number of alkyl halides is 2. The summed E-state index contributed by atoms with van der Waals surface area (Å²) in [7, 11) is 2.05. The summed E-state index contributed by atoms with van der Waals surface area (Å²) in [6.45, 7) is 1.05. The summed E-state index contributed by atoms with van der Waals surface area (Å²) in [4.78, 5) is 23.4. The molecule has 112 valence electrons. The maximum absolute atomic E-state index is 13.2.